The summed E-state index contributed by atoms with van der Waals surface area (Å²) in [7, 11) is 0. The fourth-order valence-corrected chi connectivity index (χ4v) is 2.56. The van der Waals surface area contributed by atoms with E-state index in [1.165, 1.54) is 17.8 Å². The van der Waals surface area contributed by atoms with Crippen LogP contribution in [-0.2, 0) is 4.79 Å². The third-order valence-electron chi connectivity index (χ3n) is 3.17. The minimum Gasteiger partial charge on any atom is -0.352 e. The molecule has 0 bridgehead atoms. The van der Waals surface area contributed by atoms with Gasteiger partial charge < -0.3 is 5.32 Å². The van der Waals surface area contributed by atoms with Crippen molar-refractivity contribution < 1.29 is 9.18 Å². The summed E-state index contributed by atoms with van der Waals surface area (Å²) in [5.41, 5.74) is 0.368. The third kappa shape index (κ3) is 3.41. The van der Waals surface area contributed by atoms with Crippen molar-refractivity contribution in [3.63, 3.8) is 0 Å². The molecule has 1 aromatic carbocycles. The van der Waals surface area contributed by atoms with Crippen molar-refractivity contribution in [1.29, 1.82) is 0 Å². The molecule has 0 saturated heterocycles. The second kappa shape index (κ2) is 5.85. The molecule has 1 saturated carbocycles. The largest absolute Gasteiger partial charge is 0.352 e. The first-order valence-corrected chi connectivity index (χ1v) is 7.66. The maximum atomic E-state index is 13.7. The number of amides is 1. The van der Waals surface area contributed by atoms with Gasteiger partial charge in [-0.25, -0.2) is 9.37 Å². The van der Waals surface area contributed by atoms with Gasteiger partial charge in [0.2, 0.25) is 11.1 Å². The van der Waals surface area contributed by atoms with Gasteiger partial charge in [0.25, 0.3) is 0 Å². The molecule has 1 unspecified atom stereocenters. The molecular formula is C14H15FN4OS. The number of aromatic amines is 1. The summed E-state index contributed by atoms with van der Waals surface area (Å²) in [6.45, 7) is 1.81. The van der Waals surface area contributed by atoms with Crippen molar-refractivity contribution in [2.75, 3.05) is 0 Å². The summed E-state index contributed by atoms with van der Waals surface area (Å²) in [4.78, 5) is 16.1. The number of H-pyrrole nitrogens is 1. The van der Waals surface area contributed by atoms with Gasteiger partial charge in [-0.2, -0.15) is 0 Å². The quantitative estimate of drug-likeness (QED) is 0.832. The van der Waals surface area contributed by atoms with Gasteiger partial charge >= 0.3 is 0 Å². The predicted octanol–water partition coefficient (Wildman–Crippen LogP) is 2.37. The molecule has 1 aliphatic rings. The van der Waals surface area contributed by atoms with Crippen molar-refractivity contribution in [3.8, 4) is 11.4 Å². The van der Waals surface area contributed by atoms with Gasteiger partial charge in [-0.15, -0.1) is 5.10 Å². The molecule has 3 rings (SSSR count). The molecule has 0 aliphatic heterocycles. The summed E-state index contributed by atoms with van der Waals surface area (Å²) in [5, 5.41) is 9.83. The number of rotatable bonds is 5. The van der Waals surface area contributed by atoms with E-state index < -0.39 is 0 Å². The predicted molar refractivity (Wildman–Crippen MR) is 78.3 cm³/mol. The van der Waals surface area contributed by atoms with E-state index >= 15 is 0 Å². The van der Waals surface area contributed by atoms with Crippen molar-refractivity contribution in [3.05, 3.63) is 30.1 Å². The van der Waals surface area contributed by atoms with E-state index in [0.29, 0.717) is 22.6 Å². The molecule has 1 aromatic heterocycles. The van der Waals surface area contributed by atoms with Crippen LogP contribution in [0.15, 0.2) is 29.4 Å². The lowest BCUT2D eigenvalue weighted by atomic mass is 10.2. The van der Waals surface area contributed by atoms with Gasteiger partial charge in [0.05, 0.1) is 10.8 Å². The standard InChI is InChI=1S/C14H15FN4OS/c1-8(13(20)16-9-6-7-9)21-14-17-12(18-19-14)10-4-2-3-5-11(10)15/h2-5,8-9H,6-7H2,1H3,(H,16,20)(H,17,18,19). The van der Waals surface area contributed by atoms with E-state index in [1.807, 2.05) is 6.92 Å². The van der Waals surface area contributed by atoms with Crippen LogP contribution in [0.2, 0.25) is 0 Å². The zero-order valence-corrected chi connectivity index (χ0v) is 12.3. The molecule has 7 heteroatoms. The van der Waals surface area contributed by atoms with Crippen molar-refractivity contribution in [2.24, 2.45) is 0 Å². The Morgan fingerprint density at radius 2 is 2.24 bits per heavy atom. The molecule has 1 heterocycles. The van der Waals surface area contributed by atoms with E-state index in [2.05, 4.69) is 20.5 Å². The molecule has 0 spiro atoms. The van der Waals surface area contributed by atoms with Crippen molar-refractivity contribution in [1.82, 2.24) is 20.5 Å². The lowest BCUT2D eigenvalue weighted by Gasteiger charge is -2.08. The lowest BCUT2D eigenvalue weighted by Crippen LogP contribution is -2.32. The van der Waals surface area contributed by atoms with Gasteiger partial charge in [-0.05, 0) is 31.9 Å². The minimum absolute atomic E-state index is 0.0141. The number of carbonyl (C=O) groups excluding carboxylic acids is 1. The molecule has 110 valence electrons. The van der Waals surface area contributed by atoms with Crippen molar-refractivity contribution in [2.45, 2.75) is 36.2 Å². The molecule has 1 aliphatic carbocycles. The molecular weight excluding hydrogens is 291 g/mol. The normalized spacial score (nSPS) is 15.7. The SMILES string of the molecule is CC(Sc1n[nH]c(-c2ccccc2F)n1)C(=O)NC1CC1. The van der Waals surface area contributed by atoms with Crippen molar-refractivity contribution >= 4 is 17.7 Å². The van der Waals surface area contributed by atoms with E-state index in [-0.39, 0.29) is 17.0 Å². The Kier molecular flexibility index (Phi) is 3.92. The fourth-order valence-electron chi connectivity index (χ4n) is 1.83. The number of halogens is 1. The molecule has 2 N–H and O–H groups in total. The van der Waals surface area contributed by atoms with Crippen LogP contribution in [-0.4, -0.2) is 32.4 Å². The number of nitrogens with one attached hydrogen (secondary N) is 2. The highest BCUT2D eigenvalue weighted by molar-refractivity contribution is 8.00. The monoisotopic (exact) mass is 306 g/mol. The second-order valence-corrected chi connectivity index (χ2v) is 6.30. The van der Waals surface area contributed by atoms with Crippen LogP contribution in [0.1, 0.15) is 19.8 Å². The Morgan fingerprint density at radius 1 is 1.48 bits per heavy atom. The molecule has 1 atom stereocenters. The highest BCUT2D eigenvalue weighted by atomic mass is 32.2. The number of carbonyl (C=O) groups is 1. The van der Waals surface area contributed by atoms with Crippen LogP contribution in [0.3, 0.4) is 0 Å². The van der Waals surface area contributed by atoms with Gasteiger partial charge in [0.1, 0.15) is 5.82 Å². The second-order valence-electron chi connectivity index (χ2n) is 4.99. The lowest BCUT2D eigenvalue weighted by molar-refractivity contribution is -0.120. The first kappa shape index (κ1) is 14.1. The van der Waals surface area contributed by atoms with Gasteiger partial charge in [0, 0.05) is 6.04 Å². The van der Waals surface area contributed by atoms with E-state index in [9.17, 15) is 9.18 Å². The third-order valence-corrected chi connectivity index (χ3v) is 4.13. The summed E-state index contributed by atoms with van der Waals surface area (Å²) < 4.78 is 13.7. The Bertz CT molecular complexity index is 656. The maximum absolute atomic E-state index is 13.7. The molecule has 1 amide bonds. The molecule has 2 aromatic rings. The Balaban J connectivity index is 1.67. The number of hydrogen-bond acceptors (Lipinski definition) is 4. The van der Waals surface area contributed by atoms with Crippen LogP contribution in [0.25, 0.3) is 11.4 Å². The summed E-state index contributed by atoms with van der Waals surface area (Å²) in [6.07, 6.45) is 2.11. The summed E-state index contributed by atoms with van der Waals surface area (Å²) in [6, 6.07) is 6.69. The molecule has 0 radical (unpaired) electrons. The average molecular weight is 306 g/mol. The Hall–Kier alpha value is -1.89. The summed E-state index contributed by atoms with van der Waals surface area (Å²) >= 11 is 1.25. The fraction of sp³-hybridized carbons (Fsp3) is 0.357. The van der Waals surface area contributed by atoms with E-state index in [4.69, 9.17) is 0 Å². The maximum Gasteiger partial charge on any atom is 0.233 e. The van der Waals surface area contributed by atoms with Crippen LogP contribution in [0, 0.1) is 5.82 Å². The molecule has 21 heavy (non-hydrogen) atoms. The Morgan fingerprint density at radius 3 is 2.95 bits per heavy atom. The number of thioether (sulfide) groups is 1. The highest BCUT2D eigenvalue weighted by Crippen LogP contribution is 2.25. The molecule has 1 fully saturated rings. The zero-order valence-electron chi connectivity index (χ0n) is 11.5. The Labute approximate surface area is 125 Å². The number of aromatic nitrogens is 3. The van der Waals surface area contributed by atoms with E-state index in [0.717, 1.165) is 12.8 Å². The first-order valence-electron chi connectivity index (χ1n) is 6.78. The van der Waals surface area contributed by atoms with Crippen LogP contribution < -0.4 is 5.32 Å². The van der Waals surface area contributed by atoms with Gasteiger partial charge in [-0.1, -0.05) is 23.9 Å². The molecule has 5 nitrogen and oxygen atoms in total. The smallest absolute Gasteiger partial charge is 0.233 e. The van der Waals surface area contributed by atoms with Gasteiger partial charge in [-0.3, -0.25) is 9.89 Å². The van der Waals surface area contributed by atoms with Gasteiger partial charge in [0.15, 0.2) is 5.82 Å². The topological polar surface area (TPSA) is 70.7 Å². The average Bonchev–Trinajstić information content (AvgIpc) is 3.16. The highest BCUT2D eigenvalue weighted by Gasteiger charge is 2.26. The number of benzene rings is 1. The van der Waals surface area contributed by atoms with Crippen LogP contribution in [0.5, 0.6) is 0 Å². The zero-order chi connectivity index (χ0) is 14.8. The van der Waals surface area contributed by atoms with Crippen LogP contribution in [0.4, 0.5) is 4.39 Å². The van der Waals surface area contributed by atoms with E-state index in [1.54, 1.807) is 18.2 Å². The summed E-state index contributed by atoms with van der Waals surface area (Å²) in [5.74, 6) is -0.00475. The number of hydrogen-bond donors (Lipinski definition) is 2. The minimum atomic E-state index is -0.357. The first-order chi connectivity index (χ1) is 10.1. The number of nitrogens with zero attached hydrogens (tertiary/aromatic N) is 2. The van der Waals surface area contributed by atoms with Crippen LogP contribution >= 0.6 is 11.8 Å².